The molecule has 0 aromatic heterocycles. The second kappa shape index (κ2) is 7.01. The van der Waals surface area contributed by atoms with Gasteiger partial charge in [-0.05, 0) is 73.0 Å². The van der Waals surface area contributed by atoms with Crippen molar-refractivity contribution in [1.82, 2.24) is 10.2 Å². The van der Waals surface area contributed by atoms with Crippen LogP contribution in [0.25, 0.3) is 0 Å². The lowest BCUT2D eigenvalue weighted by atomic mass is 10.2. The predicted molar refractivity (Wildman–Crippen MR) is 76.7 cm³/mol. The maximum Gasteiger partial charge on any atom is 0.252 e. The summed E-state index contributed by atoms with van der Waals surface area (Å²) in [5.74, 6) is -0.509. The van der Waals surface area contributed by atoms with Crippen molar-refractivity contribution in [3.8, 4) is 0 Å². The largest absolute Gasteiger partial charge is 0.352 e. The first-order valence-corrected chi connectivity index (χ1v) is 7.42. The van der Waals surface area contributed by atoms with E-state index in [9.17, 15) is 9.18 Å². The van der Waals surface area contributed by atoms with Gasteiger partial charge in [-0.1, -0.05) is 0 Å². The molecule has 1 aliphatic rings. The SMILES string of the molecule is O=C(NCCCN1CCCC1)c1ccc(F)cc1Br. The van der Waals surface area contributed by atoms with Crippen LogP contribution in [0.1, 0.15) is 29.6 Å². The van der Waals surface area contributed by atoms with E-state index < -0.39 is 0 Å². The molecular formula is C14H18BrFN2O. The van der Waals surface area contributed by atoms with Gasteiger partial charge in [0.1, 0.15) is 5.82 Å². The van der Waals surface area contributed by atoms with Gasteiger partial charge >= 0.3 is 0 Å². The Kier molecular flexibility index (Phi) is 5.34. The molecule has 104 valence electrons. The third kappa shape index (κ3) is 4.28. The molecule has 1 fully saturated rings. The third-order valence-electron chi connectivity index (χ3n) is 3.31. The van der Waals surface area contributed by atoms with Crippen molar-refractivity contribution in [3.63, 3.8) is 0 Å². The fourth-order valence-corrected chi connectivity index (χ4v) is 2.81. The van der Waals surface area contributed by atoms with Crippen LogP contribution in [0.2, 0.25) is 0 Å². The number of carbonyl (C=O) groups excluding carboxylic acids is 1. The van der Waals surface area contributed by atoms with Crippen molar-refractivity contribution < 1.29 is 9.18 Å². The van der Waals surface area contributed by atoms with Crippen LogP contribution in [0.4, 0.5) is 4.39 Å². The van der Waals surface area contributed by atoms with Crippen molar-refractivity contribution in [1.29, 1.82) is 0 Å². The first-order valence-electron chi connectivity index (χ1n) is 6.62. The minimum atomic E-state index is -0.350. The number of rotatable bonds is 5. The second-order valence-electron chi connectivity index (χ2n) is 4.78. The van der Waals surface area contributed by atoms with Gasteiger partial charge in [-0.25, -0.2) is 4.39 Å². The van der Waals surface area contributed by atoms with Crippen LogP contribution < -0.4 is 5.32 Å². The van der Waals surface area contributed by atoms with E-state index in [-0.39, 0.29) is 11.7 Å². The fourth-order valence-electron chi connectivity index (χ4n) is 2.28. The van der Waals surface area contributed by atoms with Crippen molar-refractivity contribution in [3.05, 3.63) is 34.1 Å². The van der Waals surface area contributed by atoms with Crippen LogP contribution in [0, 0.1) is 5.82 Å². The second-order valence-corrected chi connectivity index (χ2v) is 5.64. The Bertz CT molecular complexity index is 447. The van der Waals surface area contributed by atoms with Crippen LogP contribution in [0.3, 0.4) is 0 Å². The van der Waals surface area contributed by atoms with E-state index in [1.807, 2.05) is 0 Å². The molecule has 1 N–H and O–H groups in total. The first-order chi connectivity index (χ1) is 9.16. The Hall–Kier alpha value is -0.940. The minimum Gasteiger partial charge on any atom is -0.352 e. The minimum absolute atomic E-state index is 0.159. The molecule has 3 nitrogen and oxygen atoms in total. The number of hydrogen-bond donors (Lipinski definition) is 1. The zero-order chi connectivity index (χ0) is 13.7. The average molecular weight is 329 g/mol. The highest BCUT2D eigenvalue weighted by molar-refractivity contribution is 9.10. The summed E-state index contributed by atoms with van der Waals surface area (Å²) in [5, 5.41) is 2.87. The summed E-state index contributed by atoms with van der Waals surface area (Å²) in [7, 11) is 0. The van der Waals surface area contributed by atoms with Gasteiger partial charge in [-0.3, -0.25) is 4.79 Å². The van der Waals surface area contributed by atoms with Gasteiger partial charge in [0.05, 0.1) is 5.56 Å². The highest BCUT2D eigenvalue weighted by atomic mass is 79.9. The van der Waals surface area contributed by atoms with Crippen molar-refractivity contribution in [2.75, 3.05) is 26.2 Å². The van der Waals surface area contributed by atoms with Gasteiger partial charge < -0.3 is 10.2 Å². The summed E-state index contributed by atoms with van der Waals surface area (Å²) in [6, 6.07) is 4.10. The molecule has 0 bridgehead atoms. The zero-order valence-electron chi connectivity index (χ0n) is 10.8. The molecular weight excluding hydrogens is 311 g/mol. The lowest BCUT2D eigenvalue weighted by Crippen LogP contribution is -2.28. The van der Waals surface area contributed by atoms with E-state index >= 15 is 0 Å². The molecule has 1 aromatic rings. The van der Waals surface area contributed by atoms with Gasteiger partial charge in [0.2, 0.25) is 0 Å². The Labute approximate surface area is 121 Å². The number of amides is 1. The number of carbonyl (C=O) groups is 1. The third-order valence-corrected chi connectivity index (χ3v) is 3.97. The van der Waals surface area contributed by atoms with Crippen molar-refractivity contribution in [2.24, 2.45) is 0 Å². The van der Waals surface area contributed by atoms with Gasteiger partial charge in [-0.2, -0.15) is 0 Å². The van der Waals surface area contributed by atoms with Crippen molar-refractivity contribution >= 4 is 21.8 Å². The van der Waals surface area contributed by atoms with E-state index in [0.717, 1.165) is 13.0 Å². The smallest absolute Gasteiger partial charge is 0.252 e. The Morgan fingerprint density at radius 3 is 2.79 bits per heavy atom. The van der Waals surface area contributed by atoms with Crippen LogP contribution in [-0.4, -0.2) is 37.0 Å². The van der Waals surface area contributed by atoms with Gasteiger partial charge in [0.15, 0.2) is 0 Å². The van der Waals surface area contributed by atoms with Gasteiger partial charge in [-0.15, -0.1) is 0 Å². The molecule has 5 heteroatoms. The molecule has 1 saturated heterocycles. The van der Waals surface area contributed by atoms with Crippen molar-refractivity contribution in [2.45, 2.75) is 19.3 Å². The summed E-state index contributed by atoms with van der Waals surface area (Å²) < 4.78 is 13.4. The Morgan fingerprint density at radius 2 is 2.11 bits per heavy atom. The number of halogens is 2. The molecule has 0 atom stereocenters. The quantitative estimate of drug-likeness (QED) is 0.843. The number of nitrogens with one attached hydrogen (secondary N) is 1. The zero-order valence-corrected chi connectivity index (χ0v) is 12.4. The monoisotopic (exact) mass is 328 g/mol. The molecule has 1 aliphatic heterocycles. The predicted octanol–water partition coefficient (Wildman–Crippen LogP) is 2.80. The van der Waals surface area contributed by atoms with Crippen LogP contribution in [0.15, 0.2) is 22.7 Å². The molecule has 0 unspecified atom stereocenters. The van der Waals surface area contributed by atoms with E-state index in [0.29, 0.717) is 16.6 Å². The first kappa shape index (κ1) is 14.5. The van der Waals surface area contributed by atoms with E-state index in [4.69, 9.17) is 0 Å². The summed E-state index contributed by atoms with van der Waals surface area (Å²) >= 11 is 3.20. The molecule has 1 amide bonds. The average Bonchev–Trinajstić information content (AvgIpc) is 2.87. The molecule has 0 saturated carbocycles. The van der Waals surface area contributed by atoms with E-state index in [1.54, 1.807) is 0 Å². The van der Waals surface area contributed by atoms with Gasteiger partial charge in [0, 0.05) is 11.0 Å². The molecule has 1 heterocycles. The molecule has 0 spiro atoms. The lowest BCUT2D eigenvalue weighted by Gasteiger charge is -2.14. The standard InChI is InChI=1S/C14H18BrFN2O/c15-13-10-11(16)4-5-12(13)14(19)17-6-3-9-18-7-1-2-8-18/h4-5,10H,1-3,6-9H2,(H,17,19). The van der Waals surface area contributed by atoms with Gasteiger partial charge in [0.25, 0.3) is 5.91 Å². The fraction of sp³-hybridized carbons (Fsp3) is 0.500. The summed E-state index contributed by atoms with van der Waals surface area (Å²) in [6.45, 7) is 4.04. The van der Waals surface area contributed by atoms with Crippen LogP contribution in [0.5, 0.6) is 0 Å². The number of likely N-dealkylation sites (tertiary alicyclic amines) is 1. The number of nitrogens with zero attached hydrogens (tertiary/aromatic N) is 1. The summed E-state index contributed by atoms with van der Waals surface area (Å²) in [4.78, 5) is 14.3. The topological polar surface area (TPSA) is 32.3 Å². The maximum atomic E-state index is 12.9. The highest BCUT2D eigenvalue weighted by Crippen LogP contribution is 2.17. The summed E-state index contributed by atoms with van der Waals surface area (Å²) in [6.07, 6.45) is 3.52. The molecule has 0 radical (unpaired) electrons. The molecule has 2 rings (SSSR count). The van der Waals surface area contributed by atoms with E-state index in [2.05, 4.69) is 26.1 Å². The van der Waals surface area contributed by atoms with Crippen LogP contribution in [-0.2, 0) is 0 Å². The lowest BCUT2D eigenvalue weighted by molar-refractivity contribution is 0.0951. The normalized spacial score (nSPS) is 15.7. The molecule has 0 aliphatic carbocycles. The van der Waals surface area contributed by atoms with E-state index in [1.165, 1.54) is 44.1 Å². The van der Waals surface area contributed by atoms with Crippen LogP contribution >= 0.6 is 15.9 Å². The Balaban J connectivity index is 1.74. The summed E-state index contributed by atoms with van der Waals surface area (Å²) in [5.41, 5.74) is 0.475. The molecule has 19 heavy (non-hydrogen) atoms. The highest BCUT2D eigenvalue weighted by Gasteiger charge is 2.12. The number of benzene rings is 1. The number of hydrogen-bond acceptors (Lipinski definition) is 2. The maximum absolute atomic E-state index is 12.9. The Morgan fingerprint density at radius 1 is 1.37 bits per heavy atom. The molecule has 1 aromatic carbocycles.